The van der Waals surface area contributed by atoms with Crippen LogP contribution < -0.4 is 0 Å². The number of hydrogen-bond acceptors (Lipinski definition) is 4. The van der Waals surface area contributed by atoms with Gasteiger partial charge in [0.05, 0.1) is 11.1 Å². The van der Waals surface area contributed by atoms with E-state index in [4.69, 9.17) is 5.11 Å². The van der Waals surface area contributed by atoms with Crippen molar-refractivity contribution in [2.45, 2.75) is 0 Å². The van der Waals surface area contributed by atoms with E-state index in [9.17, 15) is 4.79 Å². The number of pyridine rings is 1. The Morgan fingerprint density at radius 3 is 2.88 bits per heavy atom. The summed E-state index contributed by atoms with van der Waals surface area (Å²) in [4.78, 5) is 22.1. The molecule has 0 aliphatic carbocycles. The molecule has 7 nitrogen and oxygen atoms in total. The van der Waals surface area contributed by atoms with Gasteiger partial charge in [0.15, 0.2) is 11.5 Å². The molecule has 0 atom stereocenters. The van der Waals surface area contributed by atoms with Crippen LogP contribution in [0.3, 0.4) is 0 Å². The van der Waals surface area contributed by atoms with Gasteiger partial charge in [0, 0.05) is 12.4 Å². The lowest BCUT2D eigenvalue weighted by atomic mass is 10.2. The Kier molecular flexibility index (Phi) is 1.91. The van der Waals surface area contributed by atoms with E-state index in [1.54, 1.807) is 12.3 Å². The zero-order valence-electron chi connectivity index (χ0n) is 8.51. The summed E-state index contributed by atoms with van der Waals surface area (Å²) in [6.07, 6.45) is 3.01. The maximum absolute atomic E-state index is 11.0. The number of imidazole rings is 1. The standard InChI is InChI=1S/C10H7N5O2/c16-10(17)5-1-3-11-9-7(5)13-8(14-9)6-2-4-12-15-6/h1-4H,(H,12,15)(H,16,17)(H,11,13,14). The van der Waals surface area contributed by atoms with Crippen molar-refractivity contribution in [2.75, 3.05) is 0 Å². The normalized spacial score (nSPS) is 10.8. The number of H-pyrrole nitrogens is 2. The fraction of sp³-hybridized carbons (Fsp3) is 0. The number of aromatic amines is 2. The van der Waals surface area contributed by atoms with E-state index in [-0.39, 0.29) is 5.56 Å². The molecule has 0 radical (unpaired) electrons. The molecule has 0 saturated heterocycles. The van der Waals surface area contributed by atoms with E-state index in [2.05, 4.69) is 25.1 Å². The first-order chi connectivity index (χ1) is 8.25. The van der Waals surface area contributed by atoms with Crippen LogP contribution in [0.2, 0.25) is 0 Å². The Bertz CT molecular complexity index is 686. The van der Waals surface area contributed by atoms with Crippen LogP contribution in [0.15, 0.2) is 24.5 Å². The lowest BCUT2D eigenvalue weighted by Crippen LogP contribution is -1.97. The first-order valence-electron chi connectivity index (χ1n) is 4.83. The van der Waals surface area contributed by atoms with E-state index in [1.807, 2.05) is 0 Å². The molecule has 0 spiro atoms. The second kappa shape index (κ2) is 3.41. The van der Waals surface area contributed by atoms with Crippen LogP contribution in [0.1, 0.15) is 10.4 Å². The highest BCUT2D eigenvalue weighted by molar-refractivity contribution is 6.00. The molecule has 3 heterocycles. The molecule has 0 unspecified atom stereocenters. The van der Waals surface area contributed by atoms with Crippen molar-refractivity contribution in [3.8, 4) is 11.5 Å². The number of nitrogens with zero attached hydrogens (tertiary/aromatic N) is 3. The van der Waals surface area contributed by atoms with Crippen LogP contribution in [0.4, 0.5) is 0 Å². The molecule has 0 saturated carbocycles. The highest BCUT2D eigenvalue weighted by atomic mass is 16.4. The van der Waals surface area contributed by atoms with E-state index < -0.39 is 5.97 Å². The van der Waals surface area contributed by atoms with Crippen molar-refractivity contribution >= 4 is 17.1 Å². The third-order valence-electron chi connectivity index (χ3n) is 2.38. The first-order valence-corrected chi connectivity index (χ1v) is 4.83. The molecule has 3 aromatic rings. The van der Waals surface area contributed by atoms with Crippen LogP contribution in [0.25, 0.3) is 22.7 Å². The van der Waals surface area contributed by atoms with Gasteiger partial charge in [-0.25, -0.2) is 14.8 Å². The first kappa shape index (κ1) is 9.52. The molecule has 0 aromatic carbocycles. The lowest BCUT2D eigenvalue weighted by Gasteiger charge is -1.93. The largest absolute Gasteiger partial charge is 0.478 e. The Morgan fingerprint density at radius 1 is 1.29 bits per heavy atom. The summed E-state index contributed by atoms with van der Waals surface area (Å²) in [7, 11) is 0. The summed E-state index contributed by atoms with van der Waals surface area (Å²) >= 11 is 0. The van der Waals surface area contributed by atoms with Crippen molar-refractivity contribution in [2.24, 2.45) is 0 Å². The van der Waals surface area contributed by atoms with Gasteiger partial charge in [-0.15, -0.1) is 0 Å². The summed E-state index contributed by atoms with van der Waals surface area (Å²) in [5.74, 6) is -0.504. The number of rotatable bonds is 2. The Morgan fingerprint density at radius 2 is 2.18 bits per heavy atom. The number of hydrogen-bond donors (Lipinski definition) is 3. The number of carboxylic acid groups (broad SMARTS) is 1. The van der Waals surface area contributed by atoms with Crippen molar-refractivity contribution in [1.82, 2.24) is 25.1 Å². The summed E-state index contributed by atoms with van der Waals surface area (Å²) in [6, 6.07) is 3.16. The average Bonchev–Trinajstić information content (AvgIpc) is 2.96. The number of aromatic carboxylic acids is 1. The number of nitrogens with one attached hydrogen (secondary N) is 2. The fourth-order valence-electron chi connectivity index (χ4n) is 1.60. The summed E-state index contributed by atoms with van der Waals surface area (Å²) in [6.45, 7) is 0. The zero-order chi connectivity index (χ0) is 11.8. The van der Waals surface area contributed by atoms with Gasteiger partial charge in [-0.05, 0) is 12.1 Å². The average molecular weight is 229 g/mol. The Hall–Kier alpha value is -2.70. The van der Waals surface area contributed by atoms with Crippen molar-refractivity contribution in [3.63, 3.8) is 0 Å². The van der Waals surface area contributed by atoms with E-state index >= 15 is 0 Å². The van der Waals surface area contributed by atoms with Crippen molar-refractivity contribution in [1.29, 1.82) is 0 Å². The zero-order valence-corrected chi connectivity index (χ0v) is 8.51. The minimum Gasteiger partial charge on any atom is -0.478 e. The molecule has 3 rings (SSSR count). The molecule has 3 N–H and O–H groups in total. The molecular formula is C10H7N5O2. The SMILES string of the molecule is O=C(O)c1ccnc2nc(-c3ccn[nH]3)[nH]c12. The third-order valence-corrected chi connectivity index (χ3v) is 2.38. The minimum absolute atomic E-state index is 0.147. The summed E-state index contributed by atoms with van der Waals surface area (Å²) in [5.41, 5.74) is 1.60. The van der Waals surface area contributed by atoms with Crippen LogP contribution in [0, 0.1) is 0 Å². The smallest absolute Gasteiger partial charge is 0.338 e. The highest BCUT2D eigenvalue weighted by Gasteiger charge is 2.14. The predicted octanol–water partition coefficient (Wildman–Crippen LogP) is 1.05. The molecule has 0 bridgehead atoms. The van der Waals surface area contributed by atoms with Gasteiger partial charge in [0.25, 0.3) is 0 Å². The van der Waals surface area contributed by atoms with Gasteiger partial charge in [-0.3, -0.25) is 5.10 Å². The van der Waals surface area contributed by atoms with Gasteiger partial charge >= 0.3 is 5.97 Å². The maximum atomic E-state index is 11.0. The molecule has 0 aliphatic heterocycles. The second-order valence-corrected chi connectivity index (χ2v) is 3.42. The van der Waals surface area contributed by atoms with Crippen LogP contribution >= 0.6 is 0 Å². The second-order valence-electron chi connectivity index (χ2n) is 3.42. The molecular weight excluding hydrogens is 222 g/mol. The van der Waals surface area contributed by atoms with Crippen LogP contribution in [-0.2, 0) is 0 Å². The minimum atomic E-state index is -1.02. The molecule has 0 fully saturated rings. The molecule has 3 aromatic heterocycles. The Labute approximate surface area is 94.5 Å². The molecule has 84 valence electrons. The van der Waals surface area contributed by atoms with Crippen molar-refractivity contribution in [3.05, 3.63) is 30.1 Å². The van der Waals surface area contributed by atoms with Crippen molar-refractivity contribution < 1.29 is 9.90 Å². The van der Waals surface area contributed by atoms with E-state index in [1.165, 1.54) is 12.3 Å². The fourth-order valence-corrected chi connectivity index (χ4v) is 1.60. The number of carboxylic acids is 1. The highest BCUT2D eigenvalue weighted by Crippen LogP contribution is 2.19. The van der Waals surface area contributed by atoms with Gasteiger partial charge in [0.1, 0.15) is 5.69 Å². The monoisotopic (exact) mass is 229 g/mol. The van der Waals surface area contributed by atoms with Gasteiger partial charge in [0.2, 0.25) is 0 Å². The van der Waals surface area contributed by atoms with E-state index in [0.717, 1.165) is 0 Å². The lowest BCUT2D eigenvalue weighted by molar-refractivity contribution is 0.0699. The van der Waals surface area contributed by atoms with Gasteiger partial charge in [-0.2, -0.15) is 5.10 Å². The number of aromatic nitrogens is 5. The van der Waals surface area contributed by atoms with E-state index in [0.29, 0.717) is 22.7 Å². The van der Waals surface area contributed by atoms with Crippen LogP contribution in [0.5, 0.6) is 0 Å². The molecule has 0 amide bonds. The van der Waals surface area contributed by atoms with Gasteiger partial charge in [-0.1, -0.05) is 0 Å². The van der Waals surface area contributed by atoms with Crippen LogP contribution in [-0.4, -0.2) is 36.2 Å². The topological polar surface area (TPSA) is 108 Å². The quantitative estimate of drug-likeness (QED) is 0.608. The molecule has 7 heteroatoms. The molecule has 0 aliphatic rings. The third kappa shape index (κ3) is 1.44. The summed E-state index contributed by atoms with van der Waals surface area (Å²) in [5, 5.41) is 15.6. The predicted molar refractivity (Wildman–Crippen MR) is 58.4 cm³/mol. The Balaban J connectivity index is 2.26. The number of fused-ring (bicyclic) bond motifs is 1. The summed E-state index contributed by atoms with van der Waals surface area (Å²) < 4.78 is 0. The van der Waals surface area contributed by atoms with Gasteiger partial charge < -0.3 is 10.1 Å². The maximum Gasteiger partial charge on any atom is 0.338 e. The molecule has 17 heavy (non-hydrogen) atoms. The number of carbonyl (C=O) groups is 1.